The summed E-state index contributed by atoms with van der Waals surface area (Å²) in [5, 5.41) is 3.34. The summed E-state index contributed by atoms with van der Waals surface area (Å²) in [5.41, 5.74) is 8.56. The fraction of sp³-hybridized carbons (Fsp3) is 0.0714. The van der Waals surface area contributed by atoms with E-state index in [2.05, 4.69) is 43.8 Å². The number of halogens is 3. The summed E-state index contributed by atoms with van der Waals surface area (Å²) >= 11 is 11.4. The molecule has 0 aliphatic heterocycles. The summed E-state index contributed by atoms with van der Waals surface area (Å²) in [6, 6.07) is 8.89. The van der Waals surface area contributed by atoms with Gasteiger partial charge < -0.3 is 11.1 Å². The number of carbonyl (C=O) groups excluding carboxylic acids is 1. The molecule has 0 spiro atoms. The second kappa shape index (κ2) is 6.32. The third-order valence-corrected chi connectivity index (χ3v) is 4.48. The molecular weight excluding hydrogens is 454 g/mol. The van der Waals surface area contributed by atoms with Gasteiger partial charge >= 0.3 is 0 Å². The maximum Gasteiger partial charge on any atom is 0.256 e. The summed E-state index contributed by atoms with van der Waals surface area (Å²) in [5.74, 6) is -0.242. The molecule has 0 aromatic heterocycles. The Hall–Kier alpha value is -0.790. The minimum absolute atomic E-state index is 0.242. The second-order valence-electron chi connectivity index (χ2n) is 4.29. The highest BCUT2D eigenvalue weighted by Gasteiger charge is 2.14. The molecule has 0 heterocycles. The van der Waals surface area contributed by atoms with E-state index in [0.717, 1.165) is 13.6 Å². The van der Waals surface area contributed by atoms with Gasteiger partial charge in [-0.05, 0) is 81.3 Å². The zero-order valence-corrected chi connectivity index (χ0v) is 15.0. The zero-order valence-electron chi connectivity index (χ0n) is 10.5. The van der Waals surface area contributed by atoms with Gasteiger partial charge in [-0.2, -0.15) is 0 Å². The lowest BCUT2D eigenvalue weighted by molar-refractivity contribution is 0.102. The predicted molar refractivity (Wildman–Crippen MR) is 95.4 cm³/mol. The number of nitrogens with two attached hydrogens (primary N) is 1. The third-order valence-electron chi connectivity index (χ3n) is 2.68. The van der Waals surface area contributed by atoms with Crippen LogP contribution in [0.25, 0.3) is 0 Å². The molecule has 0 fully saturated rings. The standard InChI is InChI=1S/C14H11BrClIN2O/c1-7-4-10(15)13(12(18)5-7)19-14(20)9-6-8(16)2-3-11(9)17/h2-6H,18H2,1H3,(H,19,20). The fourth-order valence-corrected chi connectivity index (χ4v) is 3.19. The molecule has 2 aromatic rings. The van der Waals surface area contributed by atoms with Crippen LogP contribution in [0, 0.1) is 10.5 Å². The number of rotatable bonds is 2. The average molecular weight is 466 g/mol. The topological polar surface area (TPSA) is 55.1 Å². The molecule has 0 aliphatic carbocycles. The fourth-order valence-electron chi connectivity index (χ4n) is 1.75. The van der Waals surface area contributed by atoms with Gasteiger partial charge in [0.15, 0.2) is 0 Å². The van der Waals surface area contributed by atoms with E-state index in [0.29, 0.717) is 22.0 Å². The number of anilines is 2. The average Bonchev–Trinajstić information content (AvgIpc) is 2.36. The van der Waals surface area contributed by atoms with E-state index in [1.165, 1.54) is 0 Å². The second-order valence-corrected chi connectivity index (χ2v) is 6.74. The molecule has 0 saturated carbocycles. The predicted octanol–water partition coefficient (Wildman–Crippen LogP) is 4.85. The summed E-state index contributed by atoms with van der Waals surface area (Å²) < 4.78 is 1.58. The van der Waals surface area contributed by atoms with Crippen LogP contribution in [0.5, 0.6) is 0 Å². The van der Waals surface area contributed by atoms with E-state index in [1.54, 1.807) is 18.2 Å². The molecule has 1 amide bonds. The lowest BCUT2D eigenvalue weighted by atomic mass is 10.1. The van der Waals surface area contributed by atoms with Crippen molar-refractivity contribution in [2.75, 3.05) is 11.1 Å². The lowest BCUT2D eigenvalue weighted by Gasteiger charge is -2.12. The van der Waals surface area contributed by atoms with Gasteiger partial charge in [-0.25, -0.2) is 0 Å². The van der Waals surface area contributed by atoms with Gasteiger partial charge in [-0.3, -0.25) is 4.79 Å². The highest BCUT2D eigenvalue weighted by molar-refractivity contribution is 14.1. The Balaban J connectivity index is 2.35. The van der Waals surface area contributed by atoms with Gasteiger partial charge in [0.1, 0.15) is 0 Å². The molecule has 20 heavy (non-hydrogen) atoms. The third kappa shape index (κ3) is 3.45. The van der Waals surface area contributed by atoms with Gasteiger partial charge in [0, 0.05) is 13.1 Å². The Morgan fingerprint density at radius 1 is 1.35 bits per heavy atom. The summed E-state index contributed by atoms with van der Waals surface area (Å²) in [6.45, 7) is 1.94. The molecule has 2 rings (SSSR count). The first-order chi connectivity index (χ1) is 9.38. The minimum Gasteiger partial charge on any atom is -0.397 e. The lowest BCUT2D eigenvalue weighted by Crippen LogP contribution is -2.15. The van der Waals surface area contributed by atoms with Crippen LogP contribution in [0.1, 0.15) is 15.9 Å². The number of hydrogen-bond acceptors (Lipinski definition) is 2. The van der Waals surface area contributed by atoms with Crippen molar-refractivity contribution in [2.24, 2.45) is 0 Å². The zero-order chi connectivity index (χ0) is 14.9. The van der Waals surface area contributed by atoms with Crippen LogP contribution in [-0.4, -0.2) is 5.91 Å². The number of aryl methyl sites for hydroxylation is 1. The van der Waals surface area contributed by atoms with Gasteiger partial charge in [-0.1, -0.05) is 11.6 Å². The Labute approximate surface area is 144 Å². The molecule has 6 heteroatoms. The number of benzene rings is 2. The molecule has 0 unspecified atom stereocenters. The Morgan fingerprint density at radius 3 is 2.70 bits per heavy atom. The number of amides is 1. The first-order valence-corrected chi connectivity index (χ1v) is 7.95. The smallest absolute Gasteiger partial charge is 0.256 e. The van der Waals surface area contributed by atoms with E-state index < -0.39 is 0 Å². The van der Waals surface area contributed by atoms with Gasteiger partial charge in [0.2, 0.25) is 0 Å². The van der Waals surface area contributed by atoms with Crippen molar-refractivity contribution < 1.29 is 4.79 Å². The van der Waals surface area contributed by atoms with Gasteiger partial charge in [-0.15, -0.1) is 0 Å². The summed E-state index contributed by atoms with van der Waals surface area (Å²) in [7, 11) is 0. The molecule has 3 nitrogen and oxygen atoms in total. The van der Waals surface area contributed by atoms with Crippen LogP contribution in [0.4, 0.5) is 11.4 Å². The largest absolute Gasteiger partial charge is 0.397 e. The van der Waals surface area contributed by atoms with Gasteiger partial charge in [0.25, 0.3) is 5.91 Å². The Morgan fingerprint density at radius 2 is 2.05 bits per heavy atom. The normalized spacial score (nSPS) is 10.4. The number of hydrogen-bond donors (Lipinski definition) is 2. The summed E-state index contributed by atoms with van der Waals surface area (Å²) in [6.07, 6.45) is 0. The van der Waals surface area contributed by atoms with E-state index in [-0.39, 0.29) is 5.91 Å². The Kier molecular flexibility index (Phi) is 4.93. The minimum atomic E-state index is -0.242. The molecule has 0 saturated heterocycles. The van der Waals surface area contributed by atoms with Crippen molar-refractivity contribution in [3.05, 3.63) is 54.5 Å². The van der Waals surface area contributed by atoms with Crippen LogP contribution < -0.4 is 11.1 Å². The molecule has 0 aliphatic rings. The van der Waals surface area contributed by atoms with Crippen LogP contribution in [0.3, 0.4) is 0 Å². The number of nitrogen functional groups attached to an aromatic ring is 1. The van der Waals surface area contributed by atoms with Gasteiger partial charge in [0.05, 0.1) is 16.9 Å². The van der Waals surface area contributed by atoms with Crippen LogP contribution in [0.2, 0.25) is 5.02 Å². The summed E-state index contributed by atoms with van der Waals surface area (Å²) in [4.78, 5) is 12.3. The molecule has 0 atom stereocenters. The number of carbonyl (C=O) groups is 1. The van der Waals surface area contributed by atoms with Crippen molar-refractivity contribution in [3.63, 3.8) is 0 Å². The Bertz CT molecular complexity index is 668. The first kappa shape index (κ1) is 15.6. The van der Waals surface area contributed by atoms with Crippen molar-refractivity contribution in [2.45, 2.75) is 6.92 Å². The van der Waals surface area contributed by atoms with Crippen molar-refractivity contribution in [1.82, 2.24) is 0 Å². The maximum atomic E-state index is 12.3. The van der Waals surface area contributed by atoms with Crippen molar-refractivity contribution >= 4 is 67.4 Å². The van der Waals surface area contributed by atoms with E-state index in [9.17, 15) is 4.79 Å². The monoisotopic (exact) mass is 464 g/mol. The quantitative estimate of drug-likeness (QED) is 0.492. The molecule has 0 bridgehead atoms. The highest BCUT2D eigenvalue weighted by Crippen LogP contribution is 2.31. The van der Waals surface area contributed by atoms with Crippen molar-refractivity contribution in [1.29, 1.82) is 0 Å². The molecular formula is C14H11BrClIN2O. The van der Waals surface area contributed by atoms with Crippen molar-refractivity contribution in [3.8, 4) is 0 Å². The number of nitrogens with one attached hydrogen (secondary N) is 1. The van der Waals surface area contributed by atoms with Crippen LogP contribution in [-0.2, 0) is 0 Å². The van der Waals surface area contributed by atoms with E-state index >= 15 is 0 Å². The molecule has 104 valence electrons. The van der Waals surface area contributed by atoms with E-state index in [4.69, 9.17) is 17.3 Å². The molecule has 2 aromatic carbocycles. The van der Waals surface area contributed by atoms with E-state index in [1.807, 2.05) is 19.1 Å². The molecule has 0 radical (unpaired) electrons. The SMILES string of the molecule is Cc1cc(N)c(NC(=O)c2cc(Cl)ccc2I)c(Br)c1. The first-order valence-electron chi connectivity index (χ1n) is 5.70. The highest BCUT2D eigenvalue weighted by atomic mass is 127. The van der Waals surface area contributed by atoms with Crippen LogP contribution >= 0.6 is 50.1 Å². The maximum absolute atomic E-state index is 12.3. The van der Waals surface area contributed by atoms with Crippen LogP contribution in [0.15, 0.2) is 34.8 Å². The molecule has 3 N–H and O–H groups in total.